The summed E-state index contributed by atoms with van der Waals surface area (Å²) in [6.45, 7) is 1.86. The van der Waals surface area contributed by atoms with E-state index in [0.29, 0.717) is 42.3 Å². The molecule has 3 aromatic rings. The van der Waals surface area contributed by atoms with Crippen LogP contribution in [0.2, 0.25) is 0 Å². The number of para-hydroxylation sites is 1. The Kier molecular flexibility index (Phi) is 6.77. The van der Waals surface area contributed by atoms with Crippen molar-refractivity contribution in [3.8, 4) is 17.2 Å². The minimum Gasteiger partial charge on any atom is -0.497 e. The first-order valence-corrected chi connectivity index (χ1v) is 11.9. The van der Waals surface area contributed by atoms with Gasteiger partial charge in [-0.3, -0.25) is 9.59 Å². The number of benzene rings is 3. The Hall–Kier alpha value is -4.04. The molecule has 0 aliphatic carbocycles. The average Bonchev–Trinajstić information content (AvgIpc) is 3.41. The molecule has 186 valence electrons. The molecule has 0 bridgehead atoms. The highest BCUT2D eigenvalue weighted by molar-refractivity contribution is 6.09. The Morgan fingerprint density at radius 3 is 2.44 bits per heavy atom. The molecule has 1 saturated heterocycles. The molecule has 8 nitrogen and oxygen atoms in total. The third-order valence-electron chi connectivity index (χ3n) is 6.79. The van der Waals surface area contributed by atoms with E-state index in [-0.39, 0.29) is 24.0 Å². The number of fused-ring (bicyclic) bond motifs is 1. The van der Waals surface area contributed by atoms with Gasteiger partial charge in [0.05, 0.1) is 18.4 Å². The van der Waals surface area contributed by atoms with E-state index in [9.17, 15) is 9.59 Å². The fourth-order valence-electron chi connectivity index (χ4n) is 4.63. The maximum absolute atomic E-state index is 13.3. The molecule has 0 radical (unpaired) electrons. The van der Waals surface area contributed by atoms with Crippen molar-refractivity contribution in [3.05, 3.63) is 83.4 Å². The fraction of sp³-hybridized carbons (Fsp3) is 0.286. The van der Waals surface area contributed by atoms with E-state index in [1.54, 1.807) is 55.6 Å². The highest BCUT2D eigenvalue weighted by atomic mass is 16.7. The second kappa shape index (κ2) is 10.3. The van der Waals surface area contributed by atoms with Crippen molar-refractivity contribution < 1.29 is 28.5 Å². The van der Waals surface area contributed by atoms with Crippen molar-refractivity contribution in [1.29, 1.82) is 0 Å². The number of carbonyl (C=O) groups is 2. The first-order valence-electron chi connectivity index (χ1n) is 11.9. The van der Waals surface area contributed by atoms with Gasteiger partial charge < -0.3 is 29.6 Å². The van der Waals surface area contributed by atoms with E-state index in [0.717, 1.165) is 29.9 Å². The lowest BCUT2D eigenvalue weighted by Crippen LogP contribution is -2.44. The van der Waals surface area contributed by atoms with Crippen LogP contribution in [0, 0.1) is 0 Å². The number of ether oxygens (including phenoxy) is 4. The van der Waals surface area contributed by atoms with Crippen LogP contribution in [0.4, 0.5) is 5.69 Å². The zero-order valence-corrected chi connectivity index (χ0v) is 20.0. The zero-order chi connectivity index (χ0) is 25.0. The lowest BCUT2D eigenvalue weighted by molar-refractivity contribution is 0.0486. The molecule has 8 heteroatoms. The molecule has 2 aliphatic rings. The van der Waals surface area contributed by atoms with Crippen molar-refractivity contribution in [1.82, 2.24) is 5.32 Å². The summed E-state index contributed by atoms with van der Waals surface area (Å²) in [7, 11) is 1.57. The van der Waals surface area contributed by atoms with E-state index in [1.165, 1.54) is 0 Å². The number of amides is 2. The summed E-state index contributed by atoms with van der Waals surface area (Å²) in [6.07, 6.45) is 1.53. The Labute approximate surface area is 209 Å². The Bertz CT molecular complexity index is 1250. The monoisotopic (exact) mass is 488 g/mol. The summed E-state index contributed by atoms with van der Waals surface area (Å²) in [6, 6.07) is 19.7. The highest BCUT2D eigenvalue weighted by Crippen LogP contribution is 2.40. The average molecular weight is 489 g/mol. The van der Waals surface area contributed by atoms with Crippen LogP contribution in [0.3, 0.4) is 0 Å². The van der Waals surface area contributed by atoms with Crippen LogP contribution in [0.5, 0.6) is 17.2 Å². The second-order valence-corrected chi connectivity index (χ2v) is 8.87. The summed E-state index contributed by atoms with van der Waals surface area (Å²) in [5.41, 5.74) is 2.09. The molecular formula is C28H28N2O6. The molecule has 0 spiro atoms. The molecule has 0 unspecified atom stereocenters. The third kappa shape index (κ3) is 4.85. The maximum atomic E-state index is 13.3. The quantitative estimate of drug-likeness (QED) is 0.519. The van der Waals surface area contributed by atoms with Crippen LogP contribution in [0.1, 0.15) is 39.1 Å². The third-order valence-corrected chi connectivity index (χ3v) is 6.79. The molecule has 2 aliphatic heterocycles. The number of hydrogen-bond donors (Lipinski definition) is 2. The van der Waals surface area contributed by atoms with Crippen molar-refractivity contribution in [2.75, 3.05) is 39.0 Å². The number of carbonyl (C=O) groups excluding carboxylic acids is 2. The Morgan fingerprint density at radius 2 is 1.67 bits per heavy atom. The lowest BCUT2D eigenvalue weighted by atomic mass is 9.74. The van der Waals surface area contributed by atoms with Crippen LogP contribution in [-0.2, 0) is 10.2 Å². The van der Waals surface area contributed by atoms with Gasteiger partial charge in [-0.25, -0.2) is 0 Å². The first kappa shape index (κ1) is 23.7. The molecule has 0 atom stereocenters. The zero-order valence-electron chi connectivity index (χ0n) is 20.0. The maximum Gasteiger partial charge on any atom is 0.255 e. The molecule has 2 amide bonds. The van der Waals surface area contributed by atoms with Gasteiger partial charge in [0.15, 0.2) is 11.5 Å². The molecule has 36 heavy (non-hydrogen) atoms. The van der Waals surface area contributed by atoms with Gasteiger partial charge in [-0.15, -0.1) is 0 Å². The number of anilines is 1. The van der Waals surface area contributed by atoms with Gasteiger partial charge in [0.25, 0.3) is 11.8 Å². The molecule has 2 N–H and O–H groups in total. The van der Waals surface area contributed by atoms with Crippen molar-refractivity contribution in [3.63, 3.8) is 0 Å². The summed E-state index contributed by atoms with van der Waals surface area (Å²) in [5, 5.41) is 5.97. The first-order chi connectivity index (χ1) is 17.6. The standard InChI is InChI=1S/C28H28N2O6/c1-33-21-9-6-19(7-10-21)26(31)30-23-5-3-2-4-22(23)27(32)29-17-28(12-14-34-15-13-28)20-8-11-24-25(16-20)36-18-35-24/h2-11,16H,12-15,17-18H2,1H3,(H,29,32)(H,30,31). The van der Waals surface area contributed by atoms with E-state index >= 15 is 0 Å². The van der Waals surface area contributed by atoms with Gasteiger partial charge >= 0.3 is 0 Å². The van der Waals surface area contributed by atoms with Gasteiger partial charge in [-0.2, -0.15) is 0 Å². The van der Waals surface area contributed by atoms with Crippen LogP contribution in [0.25, 0.3) is 0 Å². The van der Waals surface area contributed by atoms with Gasteiger partial charge in [-0.05, 0) is 66.9 Å². The number of hydrogen-bond acceptors (Lipinski definition) is 6. The van der Waals surface area contributed by atoms with Gasteiger partial charge in [0, 0.05) is 30.7 Å². The number of nitrogens with one attached hydrogen (secondary N) is 2. The second-order valence-electron chi connectivity index (χ2n) is 8.87. The van der Waals surface area contributed by atoms with Crippen LogP contribution in [0.15, 0.2) is 66.7 Å². The number of methoxy groups -OCH3 is 1. The molecule has 3 aromatic carbocycles. The summed E-state index contributed by atoms with van der Waals surface area (Å²) in [5.74, 6) is 1.55. The van der Waals surface area contributed by atoms with Crippen LogP contribution >= 0.6 is 0 Å². The fourth-order valence-corrected chi connectivity index (χ4v) is 4.63. The SMILES string of the molecule is COc1ccc(C(=O)Nc2ccccc2C(=O)NCC2(c3ccc4c(c3)OCO4)CCOCC2)cc1. The molecule has 2 heterocycles. The Morgan fingerprint density at radius 1 is 0.917 bits per heavy atom. The molecule has 5 rings (SSSR count). The lowest BCUT2D eigenvalue weighted by Gasteiger charge is -2.38. The topological polar surface area (TPSA) is 95.1 Å². The number of rotatable bonds is 7. The van der Waals surface area contributed by atoms with E-state index in [1.807, 2.05) is 18.2 Å². The smallest absolute Gasteiger partial charge is 0.255 e. The van der Waals surface area contributed by atoms with Gasteiger partial charge in [0.2, 0.25) is 6.79 Å². The predicted octanol–water partition coefficient (Wildman–Crippen LogP) is 4.15. The van der Waals surface area contributed by atoms with Gasteiger partial charge in [0.1, 0.15) is 5.75 Å². The van der Waals surface area contributed by atoms with Crippen molar-refractivity contribution >= 4 is 17.5 Å². The van der Waals surface area contributed by atoms with E-state index in [4.69, 9.17) is 18.9 Å². The van der Waals surface area contributed by atoms with Crippen LogP contribution in [-0.4, -0.2) is 45.5 Å². The molecule has 1 fully saturated rings. The summed E-state index contributed by atoms with van der Waals surface area (Å²) in [4.78, 5) is 26.1. The highest BCUT2D eigenvalue weighted by Gasteiger charge is 2.36. The van der Waals surface area contributed by atoms with Gasteiger partial charge in [-0.1, -0.05) is 18.2 Å². The van der Waals surface area contributed by atoms with E-state index in [2.05, 4.69) is 10.6 Å². The molecule has 0 aromatic heterocycles. The normalized spacial score (nSPS) is 15.7. The van der Waals surface area contributed by atoms with E-state index < -0.39 is 0 Å². The van der Waals surface area contributed by atoms with Crippen molar-refractivity contribution in [2.45, 2.75) is 18.3 Å². The minimum atomic E-state index is -0.306. The minimum absolute atomic E-state index is 0.213. The molecular weight excluding hydrogens is 460 g/mol. The predicted molar refractivity (Wildman–Crippen MR) is 134 cm³/mol. The van der Waals surface area contributed by atoms with Crippen LogP contribution < -0.4 is 24.8 Å². The molecule has 0 saturated carbocycles. The summed E-state index contributed by atoms with van der Waals surface area (Å²) >= 11 is 0. The largest absolute Gasteiger partial charge is 0.497 e. The Balaban J connectivity index is 1.32. The van der Waals surface area contributed by atoms with Crippen molar-refractivity contribution in [2.24, 2.45) is 0 Å². The summed E-state index contributed by atoms with van der Waals surface area (Å²) < 4.78 is 21.8.